The number of para-hydroxylation sites is 1. The summed E-state index contributed by atoms with van der Waals surface area (Å²) in [5.74, 6) is 0.435. The minimum Gasteiger partial charge on any atom is -0.491 e. The van der Waals surface area contributed by atoms with Crippen LogP contribution in [0, 0.1) is 0 Å². The Bertz CT molecular complexity index is 476. The fourth-order valence-corrected chi connectivity index (χ4v) is 3.02. The Morgan fingerprint density at radius 2 is 1.95 bits per heavy atom. The second kappa shape index (κ2) is 6.12. The highest BCUT2D eigenvalue weighted by Crippen LogP contribution is 2.37. The Hall–Kier alpha value is -1.46. The van der Waals surface area contributed by atoms with Gasteiger partial charge in [0.2, 0.25) is 0 Å². The standard InChI is InChI=1S/C16H24N2O3/c1-2-10-19-14-5-3-4-13(15(14)17)18-8-6-16(7-9-18)20-11-12-21-16/h3-5H,2,6-12,17H2,1H3. The zero-order chi connectivity index (χ0) is 14.7. The van der Waals surface area contributed by atoms with E-state index in [2.05, 4.69) is 17.9 Å². The zero-order valence-corrected chi connectivity index (χ0v) is 12.6. The van der Waals surface area contributed by atoms with Gasteiger partial charge < -0.3 is 24.8 Å². The number of benzene rings is 1. The summed E-state index contributed by atoms with van der Waals surface area (Å²) >= 11 is 0. The Morgan fingerprint density at radius 3 is 2.62 bits per heavy atom. The van der Waals surface area contributed by atoms with Gasteiger partial charge in [0.15, 0.2) is 5.79 Å². The van der Waals surface area contributed by atoms with Gasteiger partial charge in [-0.1, -0.05) is 13.0 Å². The third kappa shape index (κ3) is 2.94. The number of nitrogen functional groups attached to an aromatic ring is 1. The molecule has 0 unspecified atom stereocenters. The van der Waals surface area contributed by atoms with Crippen molar-refractivity contribution in [2.24, 2.45) is 0 Å². The molecule has 3 rings (SSSR count). The fourth-order valence-electron chi connectivity index (χ4n) is 3.02. The average Bonchev–Trinajstić information content (AvgIpc) is 2.96. The highest BCUT2D eigenvalue weighted by atomic mass is 16.7. The van der Waals surface area contributed by atoms with Gasteiger partial charge in [-0.15, -0.1) is 0 Å². The van der Waals surface area contributed by atoms with Crippen LogP contribution in [-0.2, 0) is 9.47 Å². The van der Waals surface area contributed by atoms with Crippen LogP contribution in [0.3, 0.4) is 0 Å². The molecule has 0 bridgehead atoms. The smallest absolute Gasteiger partial charge is 0.171 e. The van der Waals surface area contributed by atoms with Crippen LogP contribution in [0.2, 0.25) is 0 Å². The summed E-state index contributed by atoms with van der Waals surface area (Å²) in [6.45, 7) is 5.98. The quantitative estimate of drug-likeness (QED) is 0.864. The normalized spacial score (nSPS) is 20.9. The topological polar surface area (TPSA) is 57.0 Å². The molecule has 0 radical (unpaired) electrons. The third-order valence-electron chi connectivity index (χ3n) is 4.18. The zero-order valence-electron chi connectivity index (χ0n) is 12.6. The first kappa shape index (κ1) is 14.5. The summed E-state index contributed by atoms with van der Waals surface area (Å²) in [6.07, 6.45) is 2.74. The van der Waals surface area contributed by atoms with Gasteiger partial charge >= 0.3 is 0 Å². The van der Waals surface area contributed by atoms with Crippen LogP contribution in [0.1, 0.15) is 26.2 Å². The van der Waals surface area contributed by atoms with Crippen LogP contribution in [0.5, 0.6) is 5.75 Å². The van der Waals surface area contributed by atoms with Crippen molar-refractivity contribution in [2.75, 3.05) is 43.5 Å². The molecule has 0 aromatic heterocycles. The van der Waals surface area contributed by atoms with Gasteiger partial charge in [-0.2, -0.15) is 0 Å². The maximum atomic E-state index is 6.27. The molecule has 116 valence electrons. The number of ether oxygens (including phenoxy) is 3. The molecule has 2 heterocycles. The van der Waals surface area contributed by atoms with E-state index < -0.39 is 0 Å². The minimum absolute atomic E-state index is 0.346. The molecule has 2 N–H and O–H groups in total. The molecule has 2 fully saturated rings. The van der Waals surface area contributed by atoms with Crippen molar-refractivity contribution in [1.82, 2.24) is 0 Å². The molecule has 2 saturated heterocycles. The van der Waals surface area contributed by atoms with Crippen LogP contribution in [-0.4, -0.2) is 38.7 Å². The van der Waals surface area contributed by atoms with Crippen molar-refractivity contribution >= 4 is 11.4 Å². The van der Waals surface area contributed by atoms with E-state index in [9.17, 15) is 0 Å². The number of nitrogens with two attached hydrogens (primary N) is 1. The van der Waals surface area contributed by atoms with E-state index in [1.165, 1.54) is 0 Å². The maximum absolute atomic E-state index is 6.27. The lowest BCUT2D eigenvalue weighted by Gasteiger charge is -2.39. The van der Waals surface area contributed by atoms with Crippen LogP contribution in [0.4, 0.5) is 11.4 Å². The molecule has 5 nitrogen and oxygen atoms in total. The summed E-state index contributed by atoms with van der Waals surface area (Å²) < 4.78 is 17.2. The van der Waals surface area contributed by atoms with Gasteiger partial charge in [-0.05, 0) is 18.6 Å². The molecule has 0 saturated carbocycles. The van der Waals surface area contributed by atoms with E-state index in [0.29, 0.717) is 19.8 Å². The number of hydrogen-bond donors (Lipinski definition) is 1. The van der Waals surface area contributed by atoms with E-state index in [1.807, 2.05) is 12.1 Å². The second-order valence-corrected chi connectivity index (χ2v) is 5.63. The summed E-state index contributed by atoms with van der Waals surface area (Å²) in [5.41, 5.74) is 8.05. The van der Waals surface area contributed by atoms with Gasteiger partial charge in [-0.3, -0.25) is 0 Å². The Morgan fingerprint density at radius 1 is 1.24 bits per heavy atom. The fraction of sp³-hybridized carbons (Fsp3) is 0.625. The molecule has 1 spiro atoms. The molecule has 2 aliphatic rings. The summed E-state index contributed by atoms with van der Waals surface area (Å²) in [6, 6.07) is 6.00. The molecule has 0 aliphatic carbocycles. The first-order valence-electron chi connectivity index (χ1n) is 7.78. The van der Waals surface area contributed by atoms with Crippen molar-refractivity contribution in [3.63, 3.8) is 0 Å². The SMILES string of the molecule is CCCOc1cccc(N2CCC3(CC2)OCCO3)c1N. The lowest BCUT2D eigenvalue weighted by Crippen LogP contribution is -2.45. The van der Waals surface area contributed by atoms with Crippen molar-refractivity contribution < 1.29 is 14.2 Å². The highest BCUT2D eigenvalue weighted by molar-refractivity contribution is 5.74. The van der Waals surface area contributed by atoms with Gasteiger partial charge in [0.05, 0.1) is 31.2 Å². The molecular formula is C16H24N2O3. The number of piperidine rings is 1. The lowest BCUT2D eigenvalue weighted by molar-refractivity contribution is -0.169. The monoisotopic (exact) mass is 292 g/mol. The summed E-state index contributed by atoms with van der Waals surface area (Å²) in [7, 11) is 0. The van der Waals surface area contributed by atoms with Crippen molar-refractivity contribution in [3.8, 4) is 5.75 Å². The first-order valence-corrected chi connectivity index (χ1v) is 7.78. The van der Waals surface area contributed by atoms with Gasteiger partial charge in [0, 0.05) is 25.9 Å². The number of hydrogen-bond acceptors (Lipinski definition) is 5. The maximum Gasteiger partial charge on any atom is 0.171 e. The highest BCUT2D eigenvalue weighted by Gasteiger charge is 2.40. The average molecular weight is 292 g/mol. The van der Waals surface area contributed by atoms with Gasteiger partial charge in [-0.25, -0.2) is 0 Å². The minimum atomic E-state index is -0.346. The molecule has 2 aliphatic heterocycles. The number of nitrogens with zero attached hydrogens (tertiary/aromatic N) is 1. The summed E-state index contributed by atoms with van der Waals surface area (Å²) in [4.78, 5) is 2.30. The van der Waals surface area contributed by atoms with Crippen molar-refractivity contribution in [3.05, 3.63) is 18.2 Å². The van der Waals surface area contributed by atoms with Gasteiger partial charge in [0.1, 0.15) is 5.75 Å². The third-order valence-corrected chi connectivity index (χ3v) is 4.18. The second-order valence-electron chi connectivity index (χ2n) is 5.63. The van der Waals surface area contributed by atoms with Gasteiger partial charge in [0.25, 0.3) is 0 Å². The van der Waals surface area contributed by atoms with Crippen LogP contribution < -0.4 is 15.4 Å². The van der Waals surface area contributed by atoms with E-state index in [0.717, 1.165) is 49.5 Å². The number of rotatable bonds is 4. The van der Waals surface area contributed by atoms with Crippen LogP contribution in [0.15, 0.2) is 18.2 Å². The largest absolute Gasteiger partial charge is 0.491 e. The Labute approximate surface area is 126 Å². The molecule has 1 aromatic rings. The van der Waals surface area contributed by atoms with Crippen molar-refractivity contribution in [1.29, 1.82) is 0 Å². The van der Waals surface area contributed by atoms with E-state index in [4.69, 9.17) is 19.9 Å². The molecule has 21 heavy (non-hydrogen) atoms. The van der Waals surface area contributed by atoms with Crippen LogP contribution in [0.25, 0.3) is 0 Å². The lowest BCUT2D eigenvalue weighted by atomic mass is 10.0. The molecule has 0 atom stereocenters. The van der Waals surface area contributed by atoms with Crippen LogP contribution >= 0.6 is 0 Å². The first-order chi connectivity index (χ1) is 10.2. The predicted molar refractivity (Wildman–Crippen MR) is 82.7 cm³/mol. The molecular weight excluding hydrogens is 268 g/mol. The van der Waals surface area contributed by atoms with Crippen molar-refractivity contribution in [2.45, 2.75) is 32.0 Å². The van der Waals surface area contributed by atoms with E-state index in [-0.39, 0.29) is 5.79 Å². The predicted octanol–water partition coefficient (Wildman–Crippen LogP) is 2.40. The molecule has 0 amide bonds. The number of anilines is 2. The molecule has 1 aromatic carbocycles. The summed E-state index contributed by atoms with van der Waals surface area (Å²) in [5, 5.41) is 0. The Balaban J connectivity index is 1.70. The van der Waals surface area contributed by atoms with E-state index >= 15 is 0 Å². The molecule has 5 heteroatoms. The van der Waals surface area contributed by atoms with E-state index in [1.54, 1.807) is 0 Å². The Kier molecular flexibility index (Phi) is 4.22.